The van der Waals surface area contributed by atoms with Crippen molar-refractivity contribution in [1.29, 1.82) is 0 Å². The monoisotopic (exact) mass is 404 g/mol. The zero-order valence-electron chi connectivity index (χ0n) is 16.1. The molecule has 29 heavy (non-hydrogen) atoms. The molecule has 0 heterocycles. The minimum Gasteiger partial charge on any atom is -0.369 e. The van der Waals surface area contributed by atoms with Crippen LogP contribution in [0.1, 0.15) is 50.4 Å². The number of hydrogen-bond donors (Lipinski definition) is 1. The van der Waals surface area contributed by atoms with Crippen LogP contribution in [0.15, 0.2) is 23.4 Å². The number of amides is 1. The van der Waals surface area contributed by atoms with E-state index in [2.05, 4.69) is 5.16 Å². The predicted molar refractivity (Wildman–Crippen MR) is 100.0 cm³/mol. The van der Waals surface area contributed by atoms with Crippen LogP contribution in [-0.4, -0.2) is 27.4 Å². The van der Waals surface area contributed by atoms with Crippen molar-refractivity contribution in [1.82, 2.24) is 0 Å². The highest BCUT2D eigenvalue weighted by Gasteiger charge is 2.71. The van der Waals surface area contributed by atoms with Crippen molar-refractivity contribution in [2.75, 3.05) is 0 Å². The van der Waals surface area contributed by atoms with Gasteiger partial charge in [0, 0.05) is 24.0 Å². The lowest BCUT2D eigenvalue weighted by molar-refractivity contribution is -0.394. The van der Waals surface area contributed by atoms with Gasteiger partial charge in [0.25, 0.3) is 11.4 Å². The molecule has 2 unspecified atom stereocenters. The molecule has 2 saturated carbocycles. The molecule has 0 aromatic heterocycles. The van der Waals surface area contributed by atoms with E-state index in [0.29, 0.717) is 18.6 Å². The van der Waals surface area contributed by atoms with Gasteiger partial charge in [-0.2, -0.15) is 0 Å². The highest BCUT2D eigenvalue weighted by atomic mass is 16.7. The lowest BCUT2D eigenvalue weighted by Crippen LogP contribution is -2.44. The van der Waals surface area contributed by atoms with E-state index >= 15 is 0 Å². The second-order valence-electron chi connectivity index (χ2n) is 8.25. The fourth-order valence-corrected chi connectivity index (χ4v) is 4.64. The number of non-ortho nitro benzene ring substituents is 2. The van der Waals surface area contributed by atoms with Crippen LogP contribution >= 0.6 is 0 Å². The van der Waals surface area contributed by atoms with Crippen molar-refractivity contribution in [2.45, 2.75) is 40.0 Å². The van der Waals surface area contributed by atoms with Crippen LogP contribution in [0, 0.1) is 36.5 Å². The fraction of sp³-hybridized carbons (Fsp3) is 0.500. The number of primary amides is 1. The Morgan fingerprint density at radius 3 is 2.07 bits per heavy atom. The summed E-state index contributed by atoms with van der Waals surface area (Å²) in [6.45, 7) is 5.79. The maximum absolute atomic E-state index is 12.4. The normalized spacial score (nSPS) is 28.3. The van der Waals surface area contributed by atoms with Gasteiger partial charge in [-0.05, 0) is 18.3 Å². The number of oxime groups is 1. The van der Waals surface area contributed by atoms with E-state index in [1.165, 1.54) is 0 Å². The van der Waals surface area contributed by atoms with Crippen molar-refractivity contribution >= 4 is 29.0 Å². The van der Waals surface area contributed by atoms with Crippen molar-refractivity contribution in [2.24, 2.45) is 27.1 Å². The average Bonchev–Trinajstić information content (AvgIpc) is 2.96. The topological polar surface area (TPSA) is 168 Å². The number of rotatable bonds is 5. The third kappa shape index (κ3) is 2.76. The van der Waals surface area contributed by atoms with Gasteiger partial charge < -0.3 is 10.6 Å². The van der Waals surface area contributed by atoms with Gasteiger partial charge in [0.2, 0.25) is 5.91 Å². The SMILES string of the molecule is CC12CCC(C(N)=O)(CC1=NOC(=O)c1cc([N+](=O)[O-])cc([N+](=O)[O-])c1)C2(C)C. The molecule has 0 saturated heterocycles. The maximum atomic E-state index is 12.4. The van der Waals surface area contributed by atoms with Crippen LogP contribution in [0.5, 0.6) is 0 Å². The lowest BCUT2D eigenvalue weighted by Gasteiger charge is -2.38. The van der Waals surface area contributed by atoms with Gasteiger partial charge in [0.15, 0.2) is 0 Å². The Morgan fingerprint density at radius 2 is 1.62 bits per heavy atom. The molecule has 2 aliphatic rings. The number of fused-ring (bicyclic) bond motifs is 2. The molecule has 2 aliphatic carbocycles. The van der Waals surface area contributed by atoms with Crippen molar-refractivity contribution in [3.05, 3.63) is 44.0 Å². The molecule has 1 aromatic rings. The number of nitro benzene ring substituents is 2. The predicted octanol–water partition coefficient (Wildman–Crippen LogP) is 2.72. The molecule has 3 rings (SSSR count). The van der Waals surface area contributed by atoms with E-state index < -0.39 is 49.3 Å². The van der Waals surface area contributed by atoms with Crippen LogP contribution in [0.25, 0.3) is 0 Å². The first-order valence-corrected chi connectivity index (χ1v) is 8.88. The van der Waals surface area contributed by atoms with Crippen LogP contribution in [0.3, 0.4) is 0 Å². The summed E-state index contributed by atoms with van der Waals surface area (Å²) >= 11 is 0. The Hall–Kier alpha value is -3.37. The molecule has 0 spiro atoms. The summed E-state index contributed by atoms with van der Waals surface area (Å²) in [5.74, 6) is -1.50. The first-order valence-electron chi connectivity index (χ1n) is 8.88. The number of nitrogens with two attached hydrogens (primary N) is 1. The second-order valence-corrected chi connectivity index (χ2v) is 8.25. The number of benzene rings is 1. The number of carbonyl (C=O) groups is 2. The van der Waals surface area contributed by atoms with Gasteiger partial charge in [-0.15, -0.1) is 0 Å². The first-order chi connectivity index (χ1) is 13.4. The zero-order valence-corrected chi connectivity index (χ0v) is 16.1. The van der Waals surface area contributed by atoms with Gasteiger partial charge >= 0.3 is 5.97 Å². The summed E-state index contributed by atoms with van der Waals surface area (Å²) in [5, 5.41) is 25.9. The van der Waals surface area contributed by atoms with Gasteiger partial charge in [0.1, 0.15) is 0 Å². The van der Waals surface area contributed by atoms with Crippen LogP contribution in [-0.2, 0) is 9.63 Å². The number of carbonyl (C=O) groups excluding carboxylic acids is 2. The Morgan fingerprint density at radius 1 is 1.07 bits per heavy atom. The molecule has 2 N–H and O–H groups in total. The van der Waals surface area contributed by atoms with Crippen LogP contribution in [0.4, 0.5) is 11.4 Å². The Labute approximate surface area is 165 Å². The summed E-state index contributed by atoms with van der Waals surface area (Å²) < 4.78 is 0. The summed E-state index contributed by atoms with van der Waals surface area (Å²) in [4.78, 5) is 49.8. The number of nitro groups is 2. The van der Waals surface area contributed by atoms with E-state index in [1.54, 1.807) is 0 Å². The van der Waals surface area contributed by atoms with Crippen molar-refractivity contribution < 1.29 is 24.3 Å². The number of nitrogens with zero attached hydrogens (tertiary/aromatic N) is 3. The first kappa shape index (κ1) is 20.4. The van der Waals surface area contributed by atoms with Gasteiger partial charge in [0.05, 0.1) is 32.6 Å². The van der Waals surface area contributed by atoms with E-state index in [0.717, 1.165) is 18.2 Å². The summed E-state index contributed by atoms with van der Waals surface area (Å²) in [6, 6.07) is 2.51. The summed E-state index contributed by atoms with van der Waals surface area (Å²) in [7, 11) is 0. The summed E-state index contributed by atoms with van der Waals surface area (Å²) in [5.41, 5.74) is 2.77. The second kappa shape index (κ2) is 6.33. The Kier molecular flexibility index (Phi) is 4.44. The molecule has 0 radical (unpaired) electrons. The standard InChI is InChI=1S/C18H20N4O7/c1-16(2)17(3)4-5-18(16,15(19)24)9-13(17)20-29-14(23)10-6-11(21(25)26)8-12(7-10)22(27)28/h6-8H,4-5,9H2,1-3H3,(H2,19,24). The van der Waals surface area contributed by atoms with Gasteiger partial charge in [-0.1, -0.05) is 25.9 Å². The van der Waals surface area contributed by atoms with Crippen LogP contribution in [0.2, 0.25) is 0 Å². The zero-order chi connectivity index (χ0) is 21.8. The van der Waals surface area contributed by atoms with Crippen molar-refractivity contribution in [3.8, 4) is 0 Å². The van der Waals surface area contributed by atoms with Gasteiger partial charge in [-0.3, -0.25) is 25.0 Å². The number of hydrogen-bond acceptors (Lipinski definition) is 8. The molecule has 2 bridgehead atoms. The third-order valence-corrected chi connectivity index (χ3v) is 7.00. The molecule has 11 nitrogen and oxygen atoms in total. The molecule has 1 amide bonds. The highest BCUT2D eigenvalue weighted by molar-refractivity contribution is 6.02. The minimum absolute atomic E-state index is 0.244. The maximum Gasteiger partial charge on any atom is 0.366 e. The molecule has 1 aromatic carbocycles. The third-order valence-electron chi connectivity index (χ3n) is 7.00. The molecule has 11 heteroatoms. The minimum atomic E-state index is -1.07. The Balaban J connectivity index is 1.92. The van der Waals surface area contributed by atoms with Gasteiger partial charge in [-0.25, -0.2) is 4.79 Å². The largest absolute Gasteiger partial charge is 0.369 e. The molecular weight excluding hydrogens is 384 g/mol. The quantitative estimate of drug-likeness (QED) is 0.447. The van der Waals surface area contributed by atoms with E-state index in [1.807, 2.05) is 20.8 Å². The van der Waals surface area contributed by atoms with E-state index in [4.69, 9.17) is 10.6 Å². The average molecular weight is 404 g/mol. The molecule has 2 fully saturated rings. The van der Waals surface area contributed by atoms with Crippen molar-refractivity contribution in [3.63, 3.8) is 0 Å². The van der Waals surface area contributed by atoms with E-state index in [9.17, 15) is 29.8 Å². The Bertz CT molecular complexity index is 954. The lowest BCUT2D eigenvalue weighted by atomic mass is 9.64. The molecule has 0 aliphatic heterocycles. The molecule has 154 valence electrons. The molecule has 2 atom stereocenters. The highest BCUT2D eigenvalue weighted by Crippen LogP contribution is 2.70. The van der Waals surface area contributed by atoms with E-state index in [-0.39, 0.29) is 12.0 Å². The molecular formula is C18H20N4O7. The van der Waals surface area contributed by atoms with Crippen LogP contribution < -0.4 is 5.73 Å². The fourth-order valence-electron chi connectivity index (χ4n) is 4.64. The smallest absolute Gasteiger partial charge is 0.366 e. The summed E-state index contributed by atoms with van der Waals surface area (Å²) in [6.07, 6.45) is 1.49.